The van der Waals surface area contributed by atoms with Gasteiger partial charge in [0.05, 0.1) is 13.2 Å². The molecule has 1 fully saturated rings. The molecule has 1 aliphatic rings. The number of rotatable bonds is 3. The van der Waals surface area contributed by atoms with Crippen LogP contribution in [0.2, 0.25) is 0 Å². The molecule has 1 heterocycles. The molecule has 0 saturated carbocycles. The third kappa shape index (κ3) is 3.54. The van der Waals surface area contributed by atoms with Crippen LogP contribution in [0, 0.1) is 0 Å². The molecule has 0 spiro atoms. The van der Waals surface area contributed by atoms with E-state index in [1.165, 1.54) is 0 Å². The zero-order valence-electron chi connectivity index (χ0n) is 11.0. The van der Waals surface area contributed by atoms with Gasteiger partial charge in [0, 0.05) is 18.7 Å². The van der Waals surface area contributed by atoms with Crippen LogP contribution in [0.3, 0.4) is 0 Å². The van der Waals surface area contributed by atoms with E-state index in [2.05, 4.69) is 5.32 Å². The summed E-state index contributed by atoms with van der Waals surface area (Å²) >= 11 is 0. The van der Waals surface area contributed by atoms with Crippen LogP contribution >= 0.6 is 0 Å². The lowest BCUT2D eigenvalue weighted by atomic mass is 10.2. The maximum absolute atomic E-state index is 12.1. The second-order valence-electron chi connectivity index (χ2n) is 4.50. The summed E-state index contributed by atoms with van der Waals surface area (Å²) < 4.78 is 5.20. The number of carbonyl (C=O) groups excluding carboxylic acids is 2. The van der Waals surface area contributed by atoms with Crippen molar-refractivity contribution in [1.29, 1.82) is 0 Å². The third-order valence-electron chi connectivity index (χ3n) is 3.08. The van der Waals surface area contributed by atoms with Gasteiger partial charge in [-0.1, -0.05) is 18.2 Å². The molecule has 1 N–H and O–H groups in total. The number of amides is 2. The molecular formula is C14H18N2O3. The molecular weight excluding hydrogens is 244 g/mol. The Hall–Kier alpha value is -1.88. The molecule has 0 radical (unpaired) electrons. The minimum atomic E-state index is -0.522. The quantitative estimate of drug-likeness (QED) is 0.870. The monoisotopic (exact) mass is 262 g/mol. The largest absolute Gasteiger partial charge is 0.378 e. The summed E-state index contributed by atoms with van der Waals surface area (Å²) in [5, 5.41) is 2.72. The lowest BCUT2D eigenvalue weighted by molar-refractivity contribution is -0.136. The van der Waals surface area contributed by atoms with Gasteiger partial charge in [-0.3, -0.25) is 9.59 Å². The smallest absolute Gasteiger partial charge is 0.251 e. The average molecular weight is 262 g/mol. The van der Waals surface area contributed by atoms with Crippen LogP contribution in [0.1, 0.15) is 17.3 Å². The van der Waals surface area contributed by atoms with Crippen LogP contribution < -0.4 is 5.32 Å². The predicted molar refractivity (Wildman–Crippen MR) is 70.8 cm³/mol. The Morgan fingerprint density at radius 2 is 1.84 bits per heavy atom. The first kappa shape index (κ1) is 13.5. The van der Waals surface area contributed by atoms with Gasteiger partial charge >= 0.3 is 0 Å². The second kappa shape index (κ2) is 6.33. The fourth-order valence-corrected chi connectivity index (χ4v) is 1.99. The summed E-state index contributed by atoms with van der Waals surface area (Å²) in [7, 11) is 0. The standard InChI is InChI=1S/C14H18N2O3/c1-11(14(18)16-7-9-19-10-8-16)15-13(17)12-5-3-2-4-6-12/h2-6,11H,7-10H2,1H3,(H,15,17). The van der Waals surface area contributed by atoms with Crippen molar-refractivity contribution < 1.29 is 14.3 Å². The summed E-state index contributed by atoms with van der Waals surface area (Å²) in [6, 6.07) is 8.36. The Morgan fingerprint density at radius 1 is 1.21 bits per heavy atom. The number of hydrogen-bond acceptors (Lipinski definition) is 3. The van der Waals surface area contributed by atoms with Crippen LogP contribution in [0.4, 0.5) is 0 Å². The van der Waals surface area contributed by atoms with Crippen molar-refractivity contribution in [3.05, 3.63) is 35.9 Å². The predicted octanol–water partition coefficient (Wildman–Crippen LogP) is 0.664. The highest BCUT2D eigenvalue weighted by Crippen LogP contribution is 2.03. The molecule has 19 heavy (non-hydrogen) atoms. The Kier molecular flexibility index (Phi) is 4.52. The topological polar surface area (TPSA) is 58.6 Å². The fourth-order valence-electron chi connectivity index (χ4n) is 1.99. The summed E-state index contributed by atoms with van der Waals surface area (Å²) in [6.07, 6.45) is 0. The van der Waals surface area contributed by atoms with Crippen LogP contribution in [0.15, 0.2) is 30.3 Å². The Morgan fingerprint density at radius 3 is 2.47 bits per heavy atom. The van der Waals surface area contributed by atoms with E-state index in [1.54, 1.807) is 36.1 Å². The van der Waals surface area contributed by atoms with Crippen molar-refractivity contribution >= 4 is 11.8 Å². The molecule has 1 aliphatic heterocycles. The van der Waals surface area contributed by atoms with Crippen molar-refractivity contribution in [1.82, 2.24) is 10.2 Å². The first-order chi connectivity index (χ1) is 9.18. The van der Waals surface area contributed by atoms with Gasteiger partial charge in [-0.05, 0) is 19.1 Å². The molecule has 1 atom stereocenters. The number of benzene rings is 1. The van der Waals surface area contributed by atoms with Crippen LogP contribution in [0.5, 0.6) is 0 Å². The van der Waals surface area contributed by atoms with E-state index in [9.17, 15) is 9.59 Å². The van der Waals surface area contributed by atoms with Crippen LogP contribution in [-0.4, -0.2) is 49.1 Å². The maximum Gasteiger partial charge on any atom is 0.251 e. The van der Waals surface area contributed by atoms with Gasteiger partial charge in [-0.15, -0.1) is 0 Å². The first-order valence-corrected chi connectivity index (χ1v) is 6.41. The van der Waals surface area contributed by atoms with Gasteiger partial charge in [0.25, 0.3) is 5.91 Å². The number of carbonyl (C=O) groups is 2. The molecule has 1 saturated heterocycles. The molecule has 5 nitrogen and oxygen atoms in total. The molecule has 102 valence electrons. The molecule has 0 aromatic heterocycles. The minimum absolute atomic E-state index is 0.0624. The number of hydrogen-bond donors (Lipinski definition) is 1. The van der Waals surface area contributed by atoms with E-state index in [-0.39, 0.29) is 11.8 Å². The van der Waals surface area contributed by atoms with E-state index in [0.717, 1.165) is 0 Å². The lowest BCUT2D eigenvalue weighted by Gasteiger charge is -2.29. The van der Waals surface area contributed by atoms with Crippen LogP contribution in [-0.2, 0) is 9.53 Å². The average Bonchev–Trinajstić information content (AvgIpc) is 2.48. The van der Waals surface area contributed by atoms with Crippen molar-refractivity contribution in [2.75, 3.05) is 26.3 Å². The zero-order chi connectivity index (χ0) is 13.7. The van der Waals surface area contributed by atoms with Gasteiger partial charge in [-0.2, -0.15) is 0 Å². The molecule has 0 bridgehead atoms. The molecule has 0 aliphatic carbocycles. The number of ether oxygens (including phenoxy) is 1. The van der Waals surface area contributed by atoms with Crippen molar-refractivity contribution in [3.8, 4) is 0 Å². The SMILES string of the molecule is CC(NC(=O)c1ccccc1)C(=O)N1CCOCC1. The lowest BCUT2D eigenvalue weighted by Crippen LogP contribution is -2.50. The second-order valence-corrected chi connectivity index (χ2v) is 4.50. The number of nitrogens with one attached hydrogen (secondary N) is 1. The molecule has 1 unspecified atom stereocenters. The highest BCUT2D eigenvalue weighted by molar-refractivity contribution is 5.97. The highest BCUT2D eigenvalue weighted by atomic mass is 16.5. The molecule has 2 rings (SSSR count). The van der Waals surface area contributed by atoms with Crippen molar-refractivity contribution in [3.63, 3.8) is 0 Å². The fraction of sp³-hybridized carbons (Fsp3) is 0.429. The molecule has 2 amide bonds. The number of nitrogens with zero attached hydrogens (tertiary/aromatic N) is 1. The van der Waals surface area contributed by atoms with Crippen molar-refractivity contribution in [2.24, 2.45) is 0 Å². The number of morpholine rings is 1. The summed E-state index contributed by atoms with van der Waals surface area (Å²) in [6.45, 7) is 4.00. The first-order valence-electron chi connectivity index (χ1n) is 6.41. The van der Waals surface area contributed by atoms with E-state index in [4.69, 9.17) is 4.74 Å². The summed E-state index contributed by atoms with van der Waals surface area (Å²) in [5.41, 5.74) is 0.559. The van der Waals surface area contributed by atoms with Gasteiger partial charge < -0.3 is 15.0 Å². The van der Waals surface area contributed by atoms with E-state index >= 15 is 0 Å². The Bertz CT molecular complexity index is 441. The van der Waals surface area contributed by atoms with Gasteiger partial charge in [0.15, 0.2) is 0 Å². The van der Waals surface area contributed by atoms with Gasteiger partial charge in [0.2, 0.25) is 5.91 Å². The highest BCUT2D eigenvalue weighted by Gasteiger charge is 2.23. The molecule has 5 heteroatoms. The third-order valence-corrected chi connectivity index (χ3v) is 3.08. The van der Waals surface area contributed by atoms with Crippen molar-refractivity contribution in [2.45, 2.75) is 13.0 Å². The van der Waals surface area contributed by atoms with E-state index < -0.39 is 6.04 Å². The minimum Gasteiger partial charge on any atom is -0.378 e. The maximum atomic E-state index is 12.1. The zero-order valence-corrected chi connectivity index (χ0v) is 11.0. The van der Waals surface area contributed by atoms with E-state index in [1.807, 2.05) is 6.07 Å². The van der Waals surface area contributed by atoms with E-state index in [0.29, 0.717) is 31.9 Å². The Labute approximate surface area is 112 Å². The summed E-state index contributed by atoms with van der Waals surface area (Å²) in [4.78, 5) is 25.8. The van der Waals surface area contributed by atoms with Gasteiger partial charge in [-0.25, -0.2) is 0 Å². The van der Waals surface area contributed by atoms with Gasteiger partial charge in [0.1, 0.15) is 6.04 Å². The Balaban J connectivity index is 1.91. The molecule has 1 aromatic carbocycles. The van der Waals surface area contributed by atoms with Crippen LogP contribution in [0.25, 0.3) is 0 Å². The summed E-state index contributed by atoms with van der Waals surface area (Å²) in [5.74, 6) is -0.290. The normalized spacial score (nSPS) is 16.8. The molecule has 1 aromatic rings.